The van der Waals surface area contributed by atoms with Crippen LogP contribution in [0.5, 0.6) is 0 Å². The molecule has 0 saturated heterocycles. The van der Waals surface area contributed by atoms with E-state index in [0.29, 0.717) is 23.4 Å². The van der Waals surface area contributed by atoms with Gasteiger partial charge in [0.25, 0.3) is 0 Å². The molecule has 0 amide bonds. The van der Waals surface area contributed by atoms with Crippen molar-refractivity contribution in [3.05, 3.63) is 30.2 Å². The summed E-state index contributed by atoms with van der Waals surface area (Å²) in [6.07, 6.45) is 3.13. The maximum atomic E-state index is 11.5. The molecule has 0 aliphatic rings. The Labute approximate surface area is 88.3 Å². The summed E-state index contributed by atoms with van der Waals surface area (Å²) in [7, 11) is 5.63. The molecule has 0 bridgehead atoms. The molecule has 5 heteroatoms. The highest BCUT2D eigenvalue weighted by atomic mass is 16.5. The Balaban J connectivity index is 2.52. The molecule has 2 rings (SSSR count). The van der Waals surface area contributed by atoms with E-state index in [1.54, 1.807) is 29.7 Å². The molecule has 4 nitrogen and oxygen atoms in total. The number of nitrogens with zero attached hydrogens (tertiary/aromatic N) is 2. The van der Waals surface area contributed by atoms with Crippen LogP contribution in [0.3, 0.4) is 0 Å². The number of carbonyl (C=O) groups excluding carboxylic acids is 1. The van der Waals surface area contributed by atoms with Gasteiger partial charge in [-0.05, 0) is 13.0 Å². The Kier molecular flexibility index (Phi) is 2.45. The summed E-state index contributed by atoms with van der Waals surface area (Å²) in [6.45, 7) is 2.10. The molecule has 74 valence electrons. The highest BCUT2D eigenvalue weighted by molar-refractivity contribution is 6.32. The van der Waals surface area contributed by atoms with Crippen LogP contribution in [0.25, 0.3) is 5.65 Å². The van der Waals surface area contributed by atoms with E-state index in [1.165, 1.54) is 6.20 Å². The molecule has 0 aliphatic carbocycles. The van der Waals surface area contributed by atoms with Crippen molar-refractivity contribution in [3.63, 3.8) is 0 Å². The third-order valence-electron chi connectivity index (χ3n) is 2.01. The lowest BCUT2D eigenvalue weighted by atomic mass is 9.99. The number of esters is 1. The fourth-order valence-corrected chi connectivity index (χ4v) is 1.35. The van der Waals surface area contributed by atoms with Gasteiger partial charge in [0.15, 0.2) is 5.69 Å². The molecule has 0 aromatic carbocycles. The zero-order valence-corrected chi connectivity index (χ0v) is 8.30. The summed E-state index contributed by atoms with van der Waals surface area (Å²) in [5.74, 6) is -0.393. The molecule has 2 heterocycles. The number of imidazole rings is 1. The summed E-state index contributed by atoms with van der Waals surface area (Å²) in [6, 6.07) is 3.48. The summed E-state index contributed by atoms with van der Waals surface area (Å²) in [5.41, 5.74) is 1.64. The van der Waals surface area contributed by atoms with Crippen LogP contribution < -0.4 is 5.46 Å². The van der Waals surface area contributed by atoms with Gasteiger partial charge in [0.05, 0.1) is 12.8 Å². The first-order chi connectivity index (χ1) is 7.22. The Hall–Kier alpha value is -1.78. The number of aromatic nitrogens is 2. The van der Waals surface area contributed by atoms with E-state index in [1.807, 2.05) is 0 Å². The van der Waals surface area contributed by atoms with E-state index in [-0.39, 0.29) is 0 Å². The zero-order chi connectivity index (χ0) is 10.8. The van der Waals surface area contributed by atoms with Crippen molar-refractivity contribution in [2.75, 3.05) is 6.61 Å². The predicted molar refractivity (Wildman–Crippen MR) is 56.5 cm³/mol. The molecule has 2 aromatic rings. The van der Waals surface area contributed by atoms with Crippen LogP contribution in [0, 0.1) is 0 Å². The van der Waals surface area contributed by atoms with Gasteiger partial charge in [0.2, 0.25) is 0 Å². The number of hydrogen-bond donors (Lipinski definition) is 0. The molecular weight excluding hydrogens is 191 g/mol. The standard InChI is InChI=1S/C10H9BN2O2/c1-2-15-10(14)8-5-12-9-4-3-7(11)6-13(8)9/h3-6H,2H2,1H3. The topological polar surface area (TPSA) is 43.6 Å². The van der Waals surface area contributed by atoms with E-state index >= 15 is 0 Å². The minimum atomic E-state index is -0.393. The van der Waals surface area contributed by atoms with Crippen LogP contribution in [0.1, 0.15) is 17.4 Å². The van der Waals surface area contributed by atoms with Gasteiger partial charge in [-0.2, -0.15) is 0 Å². The average Bonchev–Trinajstić information content (AvgIpc) is 2.60. The molecule has 0 atom stereocenters. The fraction of sp³-hybridized carbons (Fsp3) is 0.200. The van der Waals surface area contributed by atoms with Gasteiger partial charge in [-0.15, -0.1) is 0 Å². The second-order valence-electron chi connectivity index (χ2n) is 3.05. The van der Waals surface area contributed by atoms with Gasteiger partial charge in [0, 0.05) is 6.20 Å². The van der Waals surface area contributed by atoms with Crippen molar-refractivity contribution in [2.45, 2.75) is 6.92 Å². The fourth-order valence-electron chi connectivity index (χ4n) is 1.35. The molecule has 0 N–H and O–H groups in total. The van der Waals surface area contributed by atoms with Crippen LogP contribution >= 0.6 is 0 Å². The summed E-state index contributed by atoms with van der Waals surface area (Å²) < 4.78 is 6.51. The van der Waals surface area contributed by atoms with Gasteiger partial charge in [0.1, 0.15) is 13.5 Å². The second-order valence-corrected chi connectivity index (χ2v) is 3.05. The Morgan fingerprint density at radius 1 is 1.60 bits per heavy atom. The minimum Gasteiger partial charge on any atom is -0.461 e. The molecule has 0 saturated carbocycles. The number of fused-ring (bicyclic) bond motifs is 1. The highest BCUT2D eigenvalue weighted by Gasteiger charge is 2.12. The van der Waals surface area contributed by atoms with Crippen LogP contribution in [0.15, 0.2) is 24.5 Å². The van der Waals surface area contributed by atoms with Crippen molar-refractivity contribution >= 4 is 24.9 Å². The normalized spacial score (nSPS) is 10.5. The van der Waals surface area contributed by atoms with E-state index in [0.717, 1.165) is 0 Å². The van der Waals surface area contributed by atoms with E-state index in [9.17, 15) is 4.79 Å². The predicted octanol–water partition coefficient (Wildman–Crippen LogP) is 0.305. The molecule has 0 aliphatic heterocycles. The van der Waals surface area contributed by atoms with Gasteiger partial charge in [-0.3, -0.25) is 4.40 Å². The van der Waals surface area contributed by atoms with Gasteiger partial charge in [-0.1, -0.05) is 11.5 Å². The third-order valence-corrected chi connectivity index (χ3v) is 2.01. The first-order valence-electron chi connectivity index (χ1n) is 4.62. The summed E-state index contributed by atoms with van der Waals surface area (Å²) in [5, 5.41) is 0. The molecule has 0 unspecified atom stereocenters. The van der Waals surface area contributed by atoms with Crippen molar-refractivity contribution in [1.82, 2.24) is 9.38 Å². The molecule has 0 fully saturated rings. The number of rotatable bonds is 2. The molecule has 2 radical (unpaired) electrons. The third kappa shape index (κ3) is 1.72. The van der Waals surface area contributed by atoms with Crippen LogP contribution in [-0.4, -0.2) is 29.8 Å². The SMILES string of the molecule is [B]c1ccc2ncc(C(=O)OCC)n2c1. The number of hydrogen-bond acceptors (Lipinski definition) is 3. The maximum Gasteiger partial charge on any atom is 0.356 e. The number of pyridine rings is 1. The Morgan fingerprint density at radius 2 is 2.40 bits per heavy atom. The first-order valence-corrected chi connectivity index (χ1v) is 4.62. The zero-order valence-electron chi connectivity index (χ0n) is 8.30. The average molecular weight is 200 g/mol. The monoisotopic (exact) mass is 200 g/mol. The lowest BCUT2D eigenvalue weighted by molar-refractivity contribution is 0.0518. The molecule has 15 heavy (non-hydrogen) atoms. The lowest BCUT2D eigenvalue weighted by Gasteiger charge is -2.02. The lowest BCUT2D eigenvalue weighted by Crippen LogP contribution is -2.11. The smallest absolute Gasteiger partial charge is 0.356 e. The summed E-state index contributed by atoms with van der Waals surface area (Å²) in [4.78, 5) is 15.6. The Bertz CT molecular complexity index is 507. The van der Waals surface area contributed by atoms with E-state index < -0.39 is 5.97 Å². The van der Waals surface area contributed by atoms with Crippen molar-refractivity contribution in [3.8, 4) is 0 Å². The summed E-state index contributed by atoms with van der Waals surface area (Å²) >= 11 is 0. The highest BCUT2D eigenvalue weighted by Crippen LogP contribution is 2.06. The second kappa shape index (κ2) is 3.77. The van der Waals surface area contributed by atoms with Crippen LogP contribution in [-0.2, 0) is 4.74 Å². The maximum absolute atomic E-state index is 11.5. The largest absolute Gasteiger partial charge is 0.461 e. The Morgan fingerprint density at radius 3 is 3.13 bits per heavy atom. The van der Waals surface area contributed by atoms with Crippen molar-refractivity contribution in [1.29, 1.82) is 0 Å². The van der Waals surface area contributed by atoms with Crippen molar-refractivity contribution < 1.29 is 9.53 Å². The van der Waals surface area contributed by atoms with Crippen LogP contribution in [0.4, 0.5) is 0 Å². The molecular formula is C10H9BN2O2. The minimum absolute atomic E-state index is 0.342. The van der Waals surface area contributed by atoms with Crippen molar-refractivity contribution in [2.24, 2.45) is 0 Å². The van der Waals surface area contributed by atoms with E-state index in [4.69, 9.17) is 12.6 Å². The van der Waals surface area contributed by atoms with E-state index in [2.05, 4.69) is 4.98 Å². The number of carbonyl (C=O) groups is 1. The first kappa shape index (κ1) is 9.77. The quantitative estimate of drug-likeness (QED) is 0.517. The molecule has 0 spiro atoms. The van der Waals surface area contributed by atoms with Gasteiger partial charge < -0.3 is 4.74 Å². The molecule has 2 aromatic heterocycles. The van der Waals surface area contributed by atoms with Gasteiger partial charge >= 0.3 is 5.97 Å². The van der Waals surface area contributed by atoms with Crippen LogP contribution in [0.2, 0.25) is 0 Å². The number of ether oxygens (including phenoxy) is 1. The van der Waals surface area contributed by atoms with Gasteiger partial charge in [-0.25, -0.2) is 9.78 Å².